The summed E-state index contributed by atoms with van der Waals surface area (Å²) in [4.78, 5) is 25.9. The van der Waals surface area contributed by atoms with Gasteiger partial charge in [-0.05, 0) is 42.1 Å². The maximum Gasteiger partial charge on any atom is 0.244 e. The largest absolute Gasteiger partial charge is 0.345 e. The van der Waals surface area contributed by atoms with Crippen molar-refractivity contribution in [3.05, 3.63) is 16.9 Å². The van der Waals surface area contributed by atoms with Crippen molar-refractivity contribution in [1.82, 2.24) is 20.0 Å². The van der Waals surface area contributed by atoms with E-state index in [0.29, 0.717) is 13.0 Å². The van der Waals surface area contributed by atoms with Crippen molar-refractivity contribution >= 4 is 27.7 Å². The van der Waals surface area contributed by atoms with Crippen LogP contribution in [0.4, 0.5) is 0 Å². The Kier molecular flexibility index (Phi) is 5.78. The van der Waals surface area contributed by atoms with E-state index < -0.39 is 6.04 Å². The lowest BCUT2D eigenvalue weighted by molar-refractivity contribution is -0.136. The predicted octanol–water partition coefficient (Wildman–Crippen LogP) is 1.55. The lowest BCUT2D eigenvalue weighted by Crippen LogP contribution is -2.48. The number of aromatic nitrogens is 2. The third-order valence-corrected chi connectivity index (χ3v) is 3.99. The molecule has 1 saturated heterocycles. The van der Waals surface area contributed by atoms with Gasteiger partial charge in [-0.1, -0.05) is 0 Å². The molecule has 7 heteroatoms. The van der Waals surface area contributed by atoms with Crippen LogP contribution in [0.1, 0.15) is 32.6 Å². The lowest BCUT2D eigenvalue weighted by Gasteiger charge is -2.29. The van der Waals surface area contributed by atoms with Crippen LogP contribution >= 0.6 is 15.9 Å². The third kappa shape index (κ3) is 4.84. The molecule has 1 aromatic heterocycles. The fourth-order valence-electron chi connectivity index (χ4n) is 2.44. The van der Waals surface area contributed by atoms with Crippen LogP contribution in [0.2, 0.25) is 0 Å². The Balaban J connectivity index is 1.74. The first-order chi connectivity index (χ1) is 10.1. The zero-order valence-electron chi connectivity index (χ0n) is 12.2. The number of piperidine rings is 1. The summed E-state index contributed by atoms with van der Waals surface area (Å²) >= 11 is 3.31. The van der Waals surface area contributed by atoms with E-state index in [1.807, 2.05) is 11.1 Å². The molecule has 1 aliphatic heterocycles. The van der Waals surface area contributed by atoms with Gasteiger partial charge in [0, 0.05) is 32.3 Å². The molecular formula is C14H21BrN4O2. The number of hydrogen-bond donors (Lipinski definition) is 1. The van der Waals surface area contributed by atoms with E-state index >= 15 is 0 Å². The number of halogens is 1. The molecule has 1 aliphatic rings. The van der Waals surface area contributed by atoms with Crippen LogP contribution in [-0.4, -0.2) is 45.6 Å². The summed E-state index contributed by atoms with van der Waals surface area (Å²) in [6.07, 6.45) is 7.10. The minimum absolute atomic E-state index is 0.0184. The average molecular weight is 357 g/mol. The fraction of sp³-hybridized carbons (Fsp3) is 0.643. The zero-order valence-corrected chi connectivity index (χ0v) is 13.8. The van der Waals surface area contributed by atoms with Gasteiger partial charge >= 0.3 is 0 Å². The van der Waals surface area contributed by atoms with E-state index in [0.717, 1.165) is 30.4 Å². The zero-order chi connectivity index (χ0) is 15.2. The minimum Gasteiger partial charge on any atom is -0.345 e. The average Bonchev–Trinajstić information content (AvgIpc) is 2.91. The van der Waals surface area contributed by atoms with E-state index in [2.05, 4.69) is 26.3 Å². The van der Waals surface area contributed by atoms with Crippen molar-refractivity contribution in [2.45, 2.75) is 45.2 Å². The van der Waals surface area contributed by atoms with Crippen LogP contribution in [0, 0.1) is 0 Å². The summed E-state index contributed by atoms with van der Waals surface area (Å²) in [5.74, 6) is -0.107. The molecule has 0 radical (unpaired) electrons. The Bertz CT molecular complexity index is 497. The van der Waals surface area contributed by atoms with Crippen molar-refractivity contribution in [2.75, 3.05) is 13.1 Å². The van der Waals surface area contributed by atoms with Crippen molar-refractivity contribution < 1.29 is 9.59 Å². The minimum atomic E-state index is -0.458. The first-order valence-corrected chi connectivity index (χ1v) is 8.11. The van der Waals surface area contributed by atoms with Crippen LogP contribution < -0.4 is 5.32 Å². The molecule has 0 aliphatic carbocycles. The maximum atomic E-state index is 12.2. The van der Waals surface area contributed by atoms with Crippen LogP contribution in [0.5, 0.6) is 0 Å². The lowest BCUT2D eigenvalue weighted by atomic mass is 10.1. The summed E-state index contributed by atoms with van der Waals surface area (Å²) in [5, 5.41) is 6.86. The molecule has 1 N–H and O–H groups in total. The molecule has 116 valence electrons. The highest BCUT2D eigenvalue weighted by molar-refractivity contribution is 9.10. The monoisotopic (exact) mass is 356 g/mol. The maximum absolute atomic E-state index is 12.2. The van der Waals surface area contributed by atoms with Gasteiger partial charge in [-0.3, -0.25) is 14.3 Å². The summed E-state index contributed by atoms with van der Waals surface area (Å²) in [6, 6.07) is -0.458. The van der Waals surface area contributed by atoms with Gasteiger partial charge in [0.1, 0.15) is 6.04 Å². The standard InChI is InChI=1S/C14H21BrN4O2/c1-11(14(21)18-6-3-2-4-7-18)17-13(20)5-8-19-10-12(15)9-16-19/h9-11H,2-8H2,1H3,(H,17,20). The quantitative estimate of drug-likeness (QED) is 0.870. The number of aryl methyl sites for hydroxylation is 1. The molecule has 21 heavy (non-hydrogen) atoms. The second-order valence-electron chi connectivity index (χ2n) is 5.35. The molecule has 2 heterocycles. The van der Waals surface area contributed by atoms with Gasteiger partial charge in [-0.2, -0.15) is 5.10 Å². The van der Waals surface area contributed by atoms with Gasteiger partial charge < -0.3 is 10.2 Å². The fourth-order valence-corrected chi connectivity index (χ4v) is 2.77. The third-order valence-electron chi connectivity index (χ3n) is 3.59. The Morgan fingerprint density at radius 1 is 1.38 bits per heavy atom. The van der Waals surface area contributed by atoms with Gasteiger partial charge in [0.05, 0.1) is 10.7 Å². The molecule has 2 amide bonds. The molecule has 1 fully saturated rings. The number of hydrogen-bond acceptors (Lipinski definition) is 3. The van der Waals surface area contributed by atoms with Crippen LogP contribution in [-0.2, 0) is 16.1 Å². The SMILES string of the molecule is CC(NC(=O)CCn1cc(Br)cn1)C(=O)N1CCCCC1. The van der Waals surface area contributed by atoms with Crippen LogP contribution in [0.25, 0.3) is 0 Å². The number of carbonyl (C=O) groups is 2. The van der Waals surface area contributed by atoms with E-state index in [4.69, 9.17) is 0 Å². The Morgan fingerprint density at radius 2 is 2.10 bits per heavy atom. The van der Waals surface area contributed by atoms with Crippen LogP contribution in [0.3, 0.4) is 0 Å². The van der Waals surface area contributed by atoms with E-state index in [-0.39, 0.29) is 11.8 Å². The van der Waals surface area contributed by atoms with Crippen molar-refractivity contribution in [1.29, 1.82) is 0 Å². The van der Waals surface area contributed by atoms with Gasteiger partial charge in [0.2, 0.25) is 11.8 Å². The molecular weight excluding hydrogens is 336 g/mol. The first-order valence-electron chi connectivity index (χ1n) is 7.32. The molecule has 2 rings (SSSR count). The molecule has 1 aromatic rings. The van der Waals surface area contributed by atoms with Gasteiger partial charge in [0.15, 0.2) is 0 Å². The molecule has 0 saturated carbocycles. The Labute approximate surface area is 133 Å². The predicted molar refractivity (Wildman–Crippen MR) is 82.6 cm³/mol. The molecule has 1 unspecified atom stereocenters. The normalized spacial score (nSPS) is 16.6. The smallest absolute Gasteiger partial charge is 0.244 e. The number of nitrogens with zero attached hydrogens (tertiary/aromatic N) is 3. The number of rotatable bonds is 5. The highest BCUT2D eigenvalue weighted by atomic mass is 79.9. The Morgan fingerprint density at radius 3 is 2.71 bits per heavy atom. The van der Waals surface area contributed by atoms with Gasteiger partial charge in [-0.15, -0.1) is 0 Å². The van der Waals surface area contributed by atoms with E-state index in [9.17, 15) is 9.59 Å². The van der Waals surface area contributed by atoms with Gasteiger partial charge in [-0.25, -0.2) is 0 Å². The number of likely N-dealkylation sites (tertiary alicyclic amines) is 1. The number of nitrogens with one attached hydrogen (secondary N) is 1. The summed E-state index contributed by atoms with van der Waals surface area (Å²) in [5.41, 5.74) is 0. The first kappa shape index (κ1) is 16.0. The Hall–Kier alpha value is -1.37. The second-order valence-corrected chi connectivity index (χ2v) is 6.26. The molecule has 0 aromatic carbocycles. The second kappa shape index (κ2) is 7.59. The number of carbonyl (C=O) groups excluding carboxylic acids is 2. The van der Waals surface area contributed by atoms with E-state index in [1.54, 1.807) is 17.8 Å². The molecule has 0 spiro atoms. The van der Waals surface area contributed by atoms with Crippen molar-refractivity contribution in [3.8, 4) is 0 Å². The van der Waals surface area contributed by atoms with E-state index in [1.165, 1.54) is 6.42 Å². The molecule has 0 bridgehead atoms. The topological polar surface area (TPSA) is 67.2 Å². The van der Waals surface area contributed by atoms with Crippen molar-refractivity contribution in [3.63, 3.8) is 0 Å². The highest BCUT2D eigenvalue weighted by Crippen LogP contribution is 2.10. The molecule has 6 nitrogen and oxygen atoms in total. The van der Waals surface area contributed by atoms with Gasteiger partial charge in [0.25, 0.3) is 0 Å². The number of amides is 2. The molecule has 1 atom stereocenters. The summed E-state index contributed by atoms with van der Waals surface area (Å²) in [6.45, 7) is 3.86. The van der Waals surface area contributed by atoms with Crippen LogP contribution in [0.15, 0.2) is 16.9 Å². The highest BCUT2D eigenvalue weighted by Gasteiger charge is 2.23. The summed E-state index contributed by atoms with van der Waals surface area (Å²) < 4.78 is 2.58. The van der Waals surface area contributed by atoms with Crippen molar-refractivity contribution in [2.24, 2.45) is 0 Å². The summed E-state index contributed by atoms with van der Waals surface area (Å²) in [7, 11) is 0.